The summed E-state index contributed by atoms with van der Waals surface area (Å²) in [5, 5.41) is 8.51. The summed E-state index contributed by atoms with van der Waals surface area (Å²) in [6.07, 6.45) is 2.63. The molecule has 2 atom stereocenters. The van der Waals surface area contributed by atoms with Crippen molar-refractivity contribution >= 4 is 34.2 Å². The van der Waals surface area contributed by atoms with Gasteiger partial charge in [-0.15, -0.1) is 0 Å². The zero-order chi connectivity index (χ0) is 16.7. The molecule has 2 aromatic heterocycles. The number of furan rings is 1. The van der Waals surface area contributed by atoms with Crippen LogP contribution in [0.3, 0.4) is 0 Å². The molecular formula is C16H15Cl2N3O3. The first-order valence-electron chi connectivity index (χ1n) is 7.65. The van der Waals surface area contributed by atoms with E-state index in [1.54, 1.807) is 12.1 Å². The quantitative estimate of drug-likeness (QED) is 0.751. The summed E-state index contributed by atoms with van der Waals surface area (Å²) in [6, 6.07) is 5.29. The maximum Gasteiger partial charge on any atom is 0.236 e. The predicted octanol–water partition coefficient (Wildman–Crippen LogP) is 4.08. The lowest BCUT2D eigenvalue weighted by atomic mass is 10.1. The van der Waals surface area contributed by atoms with E-state index >= 15 is 0 Å². The molecule has 3 heterocycles. The number of fused-ring (bicyclic) bond motifs is 1. The van der Waals surface area contributed by atoms with Crippen molar-refractivity contribution in [1.29, 1.82) is 0 Å². The Balaban J connectivity index is 1.80. The van der Waals surface area contributed by atoms with Crippen LogP contribution in [0.15, 0.2) is 28.9 Å². The molecule has 0 spiro atoms. The van der Waals surface area contributed by atoms with Crippen molar-refractivity contribution in [1.82, 2.24) is 15.2 Å². The molecule has 6 nitrogen and oxygen atoms in total. The highest BCUT2D eigenvalue weighted by molar-refractivity contribution is 6.38. The number of hydrogen-bond donors (Lipinski definition) is 1. The van der Waals surface area contributed by atoms with Crippen molar-refractivity contribution in [3.05, 3.63) is 46.2 Å². The molecule has 0 aliphatic carbocycles. The highest BCUT2D eigenvalue weighted by Gasteiger charge is 2.46. The zero-order valence-electron chi connectivity index (χ0n) is 12.9. The fraction of sp³-hybridized carbons (Fsp3) is 0.375. The first-order valence-corrected chi connectivity index (χ1v) is 8.40. The van der Waals surface area contributed by atoms with E-state index < -0.39 is 5.79 Å². The Kier molecular flexibility index (Phi) is 4.00. The Morgan fingerprint density at radius 2 is 2.21 bits per heavy atom. The largest absolute Gasteiger partial charge is 0.454 e. The highest BCUT2D eigenvalue weighted by atomic mass is 35.5. The lowest BCUT2D eigenvalue weighted by Crippen LogP contribution is -2.31. The van der Waals surface area contributed by atoms with Crippen molar-refractivity contribution in [2.24, 2.45) is 0 Å². The first kappa shape index (κ1) is 15.9. The van der Waals surface area contributed by atoms with Crippen LogP contribution < -0.4 is 0 Å². The Hall–Kier alpha value is -1.60. The molecule has 1 aliphatic heterocycles. The fourth-order valence-electron chi connectivity index (χ4n) is 2.87. The van der Waals surface area contributed by atoms with Crippen LogP contribution in [0, 0.1) is 0 Å². The smallest absolute Gasteiger partial charge is 0.236 e. The molecule has 0 amide bonds. The van der Waals surface area contributed by atoms with Crippen LogP contribution >= 0.6 is 23.2 Å². The molecule has 0 unspecified atom stereocenters. The van der Waals surface area contributed by atoms with Gasteiger partial charge in [0.25, 0.3) is 0 Å². The topological polar surface area (TPSA) is 73.2 Å². The number of benzene rings is 1. The van der Waals surface area contributed by atoms with Crippen LogP contribution in [0.1, 0.15) is 24.9 Å². The van der Waals surface area contributed by atoms with Gasteiger partial charge in [0, 0.05) is 10.4 Å². The van der Waals surface area contributed by atoms with Crippen molar-refractivity contribution in [3.8, 4) is 0 Å². The monoisotopic (exact) mass is 367 g/mol. The molecular weight excluding hydrogens is 353 g/mol. The van der Waals surface area contributed by atoms with Gasteiger partial charge in [0.1, 0.15) is 12.2 Å². The van der Waals surface area contributed by atoms with Crippen LogP contribution in [0.4, 0.5) is 0 Å². The summed E-state index contributed by atoms with van der Waals surface area (Å²) in [4.78, 5) is 4.17. The minimum Gasteiger partial charge on any atom is -0.454 e. The Labute approximate surface area is 148 Å². The third-order valence-electron chi connectivity index (χ3n) is 4.09. The number of hydrogen-bond acceptors (Lipinski definition) is 5. The number of aromatic nitrogens is 3. The highest BCUT2D eigenvalue weighted by Crippen LogP contribution is 2.41. The van der Waals surface area contributed by atoms with Crippen LogP contribution in [-0.4, -0.2) is 27.9 Å². The molecule has 1 aromatic carbocycles. The second-order valence-corrected chi connectivity index (χ2v) is 6.58. The van der Waals surface area contributed by atoms with Crippen molar-refractivity contribution < 1.29 is 13.9 Å². The van der Waals surface area contributed by atoms with Crippen LogP contribution in [0.25, 0.3) is 11.0 Å². The van der Waals surface area contributed by atoms with E-state index in [4.69, 9.17) is 37.1 Å². The van der Waals surface area contributed by atoms with Crippen molar-refractivity contribution in [2.45, 2.75) is 31.7 Å². The van der Waals surface area contributed by atoms with E-state index in [0.29, 0.717) is 40.2 Å². The molecule has 1 N–H and O–H groups in total. The molecule has 0 bridgehead atoms. The summed E-state index contributed by atoms with van der Waals surface area (Å²) in [6.45, 7) is 2.53. The number of nitrogens with zero attached hydrogens (tertiary/aromatic N) is 2. The molecule has 24 heavy (non-hydrogen) atoms. The summed E-state index contributed by atoms with van der Waals surface area (Å²) in [7, 11) is 0. The molecule has 1 aliphatic rings. The Bertz CT molecular complexity index is 865. The summed E-state index contributed by atoms with van der Waals surface area (Å²) < 4.78 is 18.2. The summed E-state index contributed by atoms with van der Waals surface area (Å²) in [5.41, 5.74) is 0.556. The van der Waals surface area contributed by atoms with Gasteiger partial charge in [-0.2, -0.15) is 5.10 Å². The molecule has 1 saturated heterocycles. The zero-order valence-corrected chi connectivity index (χ0v) is 14.4. The SMILES string of the molecule is CC[C@H]1CO[C@](Cc2ncn[nH]2)(c2cc3cc(Cl)cc(Cl)c3o2)O1. The van der Waals surface area contributed by atoms with Gasteiger partial charge in [0.05, 0.1) is 24.2 Å². The van der Waals surface area contributed by atoms with Gasteiger partial charge >= 0.3 is 0 Å². The van der Waals surface area contributed by atoms with Crippen molar-refractivity contribution in [3.63, 3.8) is 0 Å². The molecule has 0 saturated carbocycles. The van der Waals surface area contributed by atoms with E-state index in [2.05, 4.69) is 15.2 Å². The second-order valence-electron chi connectivity index (χ2n) is 5.74. The molecule has 8 heteroatoms. The molecule has 0 radical (unpaired) electrons. The average Bonchev–Trinajstić information content (AvgIpc) is 3.26. The molecule has 126 valence electrons. The average molecular weight is 368 g/mol. The van der Waals surface area contributed by atoms with Crippen molar-refractivity contribution in [2.75, 3.05) is 6.61 Å². The number of nitrogens with one attached hydrogen (secondary N) is 1. The fourth-order valence-corrected chi connectivity index (χ4v) is 3.42. The lowest BCUT2D eigenvalue weighted by Gasteiger charge is -2.24. The third kappa shape index (κ3) is 2.69. The van der Waals surface area contributed by atoms with E-state index in [1.807, 2.05) is 13.0 Å². The van der Waals surface area contributed by atoms with Gasteiger partial charge in [-0.1, -0.05) is 30.1 Å². The number of rotatable bonds is 4. The first-order chi connectivity index (χ1) is 11.6. The van der Waals surface area contributed by atoms with Gasteiger partial charge in [-0.3, -0.25) is 5.10 Å². The molecule has 3 aromatic rings. The van der Waals surface area contributed by atoms with E-state index in [9.17, 15) is 0 Å². The van der Waals surface area contributed by atoms with Gasteiger partial charge in [0.2, 0.25) is 5.79 Å². The number of H-pyrrole nitrogens is 1. The number of halogens is 2. The maximum absolute atomic E-state index is 6.24. The predicted molar refractivity (Wildman–Crippen MR) is 89.1 cm³/mol. The minimum absolute atomic E-state index is 0.0137. The van der Waals surface area contributed by atoms with Crippen LogP contribution in [0.2, 0.25) is 10.0 Å². The minimum atomic E-state index is -1.06. The lowest BCUT2D eigenvalue weighted by molar-refractivity contribution is -0.188. The maximum atomic E-state index is 6.24. The van der Waals surface area contributed by atoms with E-state index in [1.165, 1.54) is 6.33 Å². The standard InChI is InChI=1S/C16H15Cl2N3O3/c1-2-11-7-22-16(24-11,6-14-19-8-20-21-14)13-4-9-3-10(17)5-12(18)15(9)23-13/h3-5,8,11H,2,6-7H2,1H3,(H,19,20,21)/t11-,16-/m0/s1. The van der Waals surface area contributed by atoms with Crippen LogP contribution in [0.5, 0.6) is 0 Å². The van der Waals surface area contributed by atoms with Crippen LogP contribution in [-0.2, 0) is 21.7 Å². The second kappa shape index (κ2) is 6.04. The molecule has 4 rings (SSSR count). The van der Waals surface area contributed by atoms with Gasteiger partial charge in [-0.05, 0) is 24.6 Å². The van der Waals surface area contributed by atoms with E-state index in [-0.39, 0.29) is 6.10 Å². The summed E-state index contributed by atoms with van der Waals surface area (Å²) >= 11 is 12.3. The Morgan fingerprint density at radius 3 is 2.92 bits per heavy atom. The van der Waals surface area contributed by atoms with Gasteiger partial charge in [-0.25, -0.2) is 4.98 Å². The van der Waals surface area contributed by atoms with Gasteiger partial charge < -0.3 is 13.9 Å². The van der Waals surface area contributed by atoms with E-state index in [0.717, 1.165) is 11.8 Å². The molecule has 1 fully saturated rings. The normalized spacial score (nSPS) is 24.0. The van der Waals surface area contributed by atoms with Gasteiger partial charge in [0.15, 0.2) is 11.3 Å². The third-order valence-corrected chi connectivity index (χ3v) is 4.59. The summed E-state index contributed by atoms with van der Waals surface area (Å²) in [5.74, 6) is 0.125. The number of aromatic amines is 1. The Morgan fingerprint density at radius 1 is 1.33 bits per heavy atom. The number of ether oxygens (including phenoxy) is 2.